The second kappa shape index (κ2) is 9.80. The van der Waals surface area contributed by atoms with E-state index in [1.165, 1.54) is 0 Å². The molecule has 3 rings (SSSR count). The zero-order valence-electron chi connectivity index (χ0n) is 16.2. The Morgan fingerprint density at radius 2 is 2.00 bits per heavy atom. The molecular formula is C22H21Cl2N3O2. The Balaban J connectivity index is 1.58. The average Bonchev–Trinajstić information content (AvgIpc) is 3.15. The first kappa shape index (κ1) is 21.2. The van der Waals surface area contributed by atoms with Gasteiger partial charge in [-0.1, -0.05) is 41.1 Å². The summed E-state index contributed by atoms with van der Waals surface area (Å²) in [5, 5.41) is 15.5. The number of aromatic nitrogens is 3. The number of hydrogen-bond acceptors (Lipinski definition) is 4. The molecule has 1 unspecified atom stereocenters. The molecule has 0 fully saturated rings. The van der Waals surface area contributed by atoms with E-state index in [4.69, 9.17) is 27.9 Å². The normalized spacial score (nSPS) is 11.6. The van der Waals surface area contributed by atoms with Gasteiger partial charge in [0.15, 0.2) is 0 Å². The van der Waals surface area contributed by atoms with Gasteiger partial charge in [0.1, 0.15) is 23.6 Å². The Morgan fingerprint density at radius 1 is 1.17 bits per heavy atom. The highest BCUT2D eigenvalue weighted by Gasteiger charge is 2.09. The SMILES string of the molecule is COc1cc(C#CCCCC(O)c2ccc(Cl)c(Cl)c2)ccc1-n1cnc(C)n1. The molecule has 0 saturated heterocycles. The molecule has 2 aromatic carbocycles. The standard InChI is InChI=1S/C22H21Cl2N3O2/c1-15-25-14-27(26-15)20-11-8-16(12-22(20)29-2)6-4-3-5-7-21(28)17-9-10-18(23)19(24)13-17/h8-14,21,28H,3,5,7H2,1-2H3. The van der Waals surface area contributed by atoms with Gasteiger partial charge in [0, 0.05) is 12.0 Å². The van der Waals surface area contributed by atoms with Crippen molar-refractivity contribution in [1.29, 1.82) is 0 Å². The summed E-state index contributed by atoms with van der Waals surface area (Å²) in [6, 6.07) is 10.9. The van der Waals surface area contributed by atoms with Gasteiger partial charge in [-0.15, -0.1) is 0 Å². The number of benzene rings is 2. The molecule has 0 bridgehead atoms. The lowest BCUT2D eigenvalue weighted by Crippen LogP contribution is -1.99. The van der Waals surface area contributed by atoms with E-state index in [2.05, 4.69) is 21.9 Å². The van der Waals surface area contributed by atoms with E-state index in [0.29, 0.717) is 34.5 Å². The van der Waals surface area contributed by atoms with E-state index in [1.807, 2.05) is 25.1 Å². The molecule has 3 aromatic rings. The van der Waals surface area contributed by atoms with Gasteiger partial charge < -0.3 is 9.84 Å². The number of methoxy groups -OCH3 is 1. The summed E-state index contributed by atoms with van der Waals surface area (Å²) in [6.07, 6.45) is 3.10. The van der Waals surface area contributed by atoms with Gasteiger partial charge in [-0.05, 0) is 55.7 Å². The number of aryl methyl sites for hydroxylation is 1. The van der Waals surface area contributed by atoms with Crippen LogP contribution in [-0.4, -0.2) is 27.0 Å². The summed E-state index contributed by atoms with van der Waals surface area (Å²) in [5.74, 6) is 7.65. The van der Waals surface area contributed by atoms with Gasteiger partial charge in [0.25, 0.3) is 0 Å². The Morgan fingerprint density at radius 3 is 2.69 bits per heavy atom. The first-order valence-corrected chi connectivity index (χ1v) is 9.92. The minimum atomic E-state index is -0.586. The van der Waals surface area contributed by atoms with Gasteiger partial charge in [0.05, 0.1) is 23.3 Å². The number of aliphatic hydroxyl groups excluding tert-OH is 1. The Labute approximate surface area is 180 Å². The number of ether oxygens (including phenoxy) is 1. The minimum absolute atomic E-state index is 0.446. The van der Waals surface area contributed by atoms with Crippen molar-refractivity contribution >= 4 is 23.2 Å². The van der Waals surface area contributed by atoms with Crippen molar-refractivity contribution in [1.82, 2.24) is 14.8 Å². The fourth-order valence-corrected chi connectivity index (χ4v) is 3.15. The quantitative estimate of drug-likeness (QED) is 0.434. The molecule has 1 N–H and O–H groups in total. The molecule has 1 heterocycles. The summed E-state index contributed by atoms with van der Waals surface area (Å²) in [4.78, 5) is 4.14. The van der Waals surface area contributed by atoms with Crippen LogP contribution in [0.1, 0.15) is 42.3 Å². The van der Waals surface area contributed by atoms with Crippen molar-refractivity contribution in [2.24, 2.45) is 0 Å². The van der Waals surface area contributed by atoms with Crippen molar-refractivity contribution in [3.63, 3.8) is 0 Å². The highest BCUT2D eigenvalue weighted by Crippen LogP contribution is 2.27. The van der Waals surface area contributed by atoms with Gasteiger partial charge in [-0.25, -0.2) is 9.67 Å². The van der Waals surface area contributed by atoms with E-state index < -0.39 is 6.10 Å². The molecule has 0 aliphatic carbocycles. The number of aliphatic hydroxyl groups is 1. The largest absolute Gasteiger partial charge is 0.494 e. The molecule has 150 valence electrons. The minimum Gasteiger partial charge on any atom is -0.494 e. The highest BCUT2D eigenvalue weighted by molar-refractivity contribution is 6.42. The summed E-state index contributed by atoms with van der Waals surface area (Å²) < 4.78 is 7.14. The summed E-state index contributed by atoms with van der Waals surface area (Å²) in [5.41, 5.74) is 2.42. The van der Waals surface area contributed by atoms with Crippen LogP contribution in [-0.2, 0) is 0 Å². The molecule has 1 aromatic heterocycles. The zero-order chi connectivity index (χ0) is 20.8. The molecule has 29 heavy (non-hydrogen) atoms. The monoisotopic (exact) mass is 429 g/mol. The van der Waals surface area contributed by atoms with E-state index in [-0.39, 0.29) is 0 Å². The first-order chi connectivity index (χ1) is 14.0. The lowest BCUT2D eigenvalue weighted by atomic mass is 10.0. The molecule has 0 aliphatic rings. The second-order valence-corrected chi connectivity index (χ2v) is 7.32. The molecule has 5 nitrogen and oxygen atoms in total. The van der Waals surface area contributed by atoms with Gasteiger partial charge in [0.2, 0.25) is 0 Å². The number of rotatable bonds is 6. The molecule has 0 saturated carbocycles. The fourth-order valence-electron chi connectivity index (χ4n) is 2.84. The second-order valence-electron chi connectivity index (χ2n) is 6.51. The highest BCUT2D eigenvalue weighted by atomic mass is 35.5. The molecule has 0 radical (unpaired) electrons. The van der Waals surface area contributed by atoms with Crippen molar-refractivity contribution in [2.75, 3.05) is 7.11 Å². The maximum absolute atomic E-state index is 10.3. The molecule has 7 heteroatoms. The summed E-state index contributed by atoms with van der Waals surface area (Å²) >= 11 is 11.9. The van der Waals surface area contributed by atoms with Crippen LogP contribution in [0.5, 0.6) is 5.75 Å². The lowest BCUT2D eigenvalue weighted by Gasteiger charge is -2.10. The van der Waals surface area contributed by atoms with E-state index in [9.17, 15) is 5.11 Å². The maximum Gasteiger partial charge on any atom is 0.147 e. The smallest absolute Gasteiger partial charge is 0.147 e. The molecule has 0 aliphatic heterocycles. The van der Waals surface area contributed by atoms with Crippen molar-refractivity contribution in [3.8, 4) is 23.3 Å². The Kier molecular flexibility index (Phi) is 7.16. The van der Waals surface area contributed by atoms with Crippen LogP contribution in [0.2, 0.25) is 10.0 Å². The molecule has 0 spiro atoms. The summed E-state index contributed by atoms with van der Waals surface area (Å²) in [6.45, 7) is 1.83. The third kappa shape index (κ3) is 5.51. The van der Waals surface area contributed by atoms with E-state index in [0.717, 1.165) is 23.2 Å². The maximum atomic E-state index is 10.3. The van der Waals surface area contributed by atoms with Gasteiger partial charge in [-0.3, -0.25) is 0 Å². The van der Waals surface area contributed by atoms with Crippen LogP contribution in [0.25, 0.3) is 5.69 Å². The van der Waals surface area contributed by atoms with E-state index >= 15 is 0 Å². The van der Waals surface area contributed by atoms with Crippen LogP contribution in [0.15, 0.2) is 42.7 Å². The molecular weight excluding hydrogens is 409 g/mol. The topological polar surface area (TPSA) is 60.2 Å². The predicted octanol–water partition coefficient (Wildman–Crippen LogP) is 5.15. The lowest BCUT2D eigenvalue weighted by molar-refractivity contribution is 0.165. The van der Waals surface area contributed by atoms with E-state index in [1.54, 1.807) is 36.3 Å². The van der Waals surface area contributed by atoms with Crippen molar-refractivity contribution < 1.29 is 9.84 Å². The van der Waals surface area contributed by atoms with Crippen LogP contribution in [0.3, 0.4) is 0 Å². The Hall–Kier alpha value is -2.52. The third-order valence-corrected chi connectivity index (χ3v) is 5.11. The Bertz CT molecular complexity index is 1050. The zero-order valence-corrected chi connectivity index (χ0v) is 17.7. The number of nitrogens with zero attached hydrogens (tertiary/aromatic N) is 3. The van der Waals surface area contributed by atoms with Crippen LogP contribution < -0.4 is 4.74 Å². The summed E-state index contributed by atoms with van der Waals surface area (Å²) in [7, 11) is 1.62. The predicted molar refractivity (Wildman–Crippen MR) is 115 cm³/mol. The van der Waals surface area contributed by atoms with Gasteiger partial charge >= 0.3 is 0 Å². The fraction of sp³-hybridized carbons (Fsp3) is 0.273. The van der Waals surface area contributed by atoms with Crippen LogP contribution in [0, 0.1) is 18.8 Å². The van der Waals surface area contributed by atoms with Crippen LogP contribution in [0.4, 0.5) is 0 Å². The van der Waals surface area contributed by atoms with Crippen LogP contribution >= 0.6 is 23.2 Å². The third-order valence-electron chi connectivity index (χ3n) is 4.37. The van der Waals surface area contributed by atoms with Crippen molar-refractivity contribution in [2.45, 2.75) is 32.3 Å². The number of hydrogen-bond donors (Lipinski definition) is 1. The average molecular weight is 430 g/mol. The number of unbranched alkanes of at least 4 members (excludes halogenated alkanes) is 1. The van der Waals surface area contributed by atoms with Crippen molar-refractivity contribution in [3.05, 3.63) is 69.7 Å². The molecule has 0 amide bonds. The first-order valence-electron chi connectivity index (χ1n) is 9.16. The molecule has 1 atom stereocenters. The number of halogens is 2. The van der Waals surface area contributed by atoms with Gasteiger partial charge in [-0.2, -0.15) is 5.10 Å².